The number of rotatable bonds is 3. The molecule has 1 amide bonds. The Morgan fingerprint density at radius 1 is 1.22 bits per heavy atom. The molecule has 0 atom stereocenters. The molecule has 0 bridgehead atoms. The van der Waals surface area contributed by atoms with Gasteiger partial charge in [-0.25, -0.2) is 4.79 Å². The minimum atomic E-state index is -0.433. The molecule has 0 spiro atoms. The second-order valence-electron chi connectivity index (χ2n) is 5.88. The molecule has 1 aliphatic carbocycles. The summed E-state index contributed by atoms with van der Waals surface area (Å²) in [6.07, 6.45) is 3.69. The van der Waals surface area contributed by atoms with Crippen molar-refractivity contribution in [1.29, 1.82) is 0 Å². The summed E-state index contributed by atoms with van der Waals surface area (Å²) < 4.78 is 5.25. The van der Waals surface area contributed by atoms with Crippen molar-refractivity contribution >= 4 is 6.09 Å². The summed E-state index contributed by atoms with van der Waals surface area (Å²) in [5, 5.41) is 4.82. The molecule has 1 fully saturated rings. The molecule has 0 unspecified atom stereocenters. The maximum Gasteiger partial charge on any atom is 0.407 e. The standard InChI is InChI=1S/C13H26N2O3/c1-13(2,3)18-12(16)14-10-6-8-11(9-7-10)15(4)17-5/h10-11H,6-9H2,1-5H3,(H,14,16). The van der Waals surface area contributed by atoms with Crippen molar-refractivity contribution < 1.29 is 14.4 Å². The van der Waals surface area contributed by atoms with Gasteiger partial charge in [-0.3, -0.25) is 0 Å². The molecule has 0 aromatic heterocycles. The van der Waals surface area contributed by atoms with Gasteiger partial charge in [0.1, 0.15) is 5.60 Å². The molecular formula is C13H26N2O3. The zero-order valence-corrected chi connectivity index (χ0v) is 12.2. The number of alkyl carbamates (subject to hydrolysis) is 1. The minimum absolute atomic E-state index is 0.223. The first-order chi connectivity index (χ1) is 8.31. The van der Waals surface area contributed by atoms with Gasteiger partial charge in [0.05, 0.1) is 7.11 Å². The summed E-state index contributed by atoms with van der Waals surface area (Å²) in [6.45, 7) is 5.62. The van der Waals surface area contributed by atoms with E-state index in [1.165, 1.54) is 0 Å². The lowest BCUT2D eigenvalue weighted by Crippen LogP contribution is -2.44. The summed E-state index contributed by atoms with van der Waals surface area (Å²) in [6, 6.07) is 0.674. The fraction of sp³-hybridized carbons (Fsp3) is 0.923. The second-order valence-corrected chi connectivity index (χ2v) is 5.88. The molecule has 0 radical (unpaired) electrons. The van der Waals surface area contributed by atoms with Gasteiger partial charge in [0.2, 0.25) is 0 Å². The molecule has 5 heteroatoms. The molecule has 0 aromatic carbocycles. The Morgan fingerprint density at radius 2 is 1.78 bits per heavy atom. The van der Waals surface area contributed by atoms with Crippen molar-refractivity contribution in [1.82, 2.24) is 10.4 Å². The number of ether oxygens (including phenoxy) is 1. The maximum absolute atomic E-state index is 11.6. The van der Waals surface area contributed by atoms with Crippen molar-refractivity contribution in [2.75, 3.05) is 14.2 Å². The summed E-state index contributed by atoms with van der Waals surface area (Å²) >= 11 is 0. The number of nitrogens with zero attached hydrogens (tertiary/aromatic N) is 1. The van der Waals surface area contributed by atoms with Crippen molar-refractivity contribution in [2.45, 2.75) is 64.1 Å². The maximum atomic E-state index is 11.6. The number of carbonyl (C=O) groups is 1. The zero-order chi connectivity index (χ0) is 13.8. The van der Waals surface area contributed by atoms with Gasteiger partial charge in [0, 0.05) is 19.1 Å². The van der Waals surface area contributed by atoms with E-state index in [-0.39, 0.29) is 12.1 Å². The van der Waals surface area contributed by atoms with Crippen LogP contribution in [0.3, 0.4) is 0 Å². The number of hydroxylamine groups is 2. The minimum Gasteiger partial charge on any atom is -0.444 e. The van der Waals surface area contributed by atoms with E-state index in [1.54, 1.807) is 7.11 Å². The summed E-state index contributed by atoms with van der Waals surface area (Å²) in [5.41, 5.74) is -0.433. The Bertz CT molecular complexity index is 268. The third kappa shape index (κ3) is 5.23. The van der Waals surface area contributed by atoms with E-state index in [4.69, 9.17) is 9.57 Å². The van der Waals surface area contributed by atoms with Crippen LogP contribution in [0.25, 0.3) is 0 Å². The lowest BCUT2D eigenvalue weighted by molar-refractivity contribution is -0.148. The third-order valence-electron chi connectivity index (χ3n) is 3.22. The van der Waals surface area contributed by atoms with Crippen molar-refractivity contribution in [3.05, 3.63) is 0 Å². The van der Waals surface area contributed by atoms with Crippen LogP contribution in [0.4, 0.5) is 4.79 Å². The largest absolute Gasteiger partial charge is 0.444 e. The van der Waals surface area contributed by atoms with Crippen molar-refractivity contribution in [2.24, 2.45) is 0 Å². The normalized spacial score (nSPS) is 25.0. The van der Waals surface area contributed by atoms with E-state index in [9.17, 15) is 4.79 Å². The summed E-state index contributed by atoms with van der Waals surface area (Å²) in [7, 11) is 3.64. The molecular weight excluding hydrogens is 232 g/mol. The highest BCUT2D eigenvalue weighted by molar-refractivity contribution is 5.68. The molecule has 1 rings (SSSR count). The topological polar surface area (TPSA) is 50.8 Å². The van der Waals surface area contributed by atoms with Crippen LogP contribution < -0.4 is 5.32 Å². The Morgan fingerprint density at radius 3 is 2.22 bits per heavy atom. The molecule has 0 aromatic rings. The first kappa shape index (κ1) is 15.2. The van der Waals surface area contributed by atoms with Crippen molar-refractivity contribution in [3.63, 3.8) is 0 Å². The Balaban J connectivity index is 2.29. The first-order valence-electron chi connectivity index (χ1n) is 6.58. The molecule has 5 nitrogen and oxygen atoms in total. The predicted molar refractivity (Wildman–Crippen MR) is 70.2 cm³/mol. The van der Waals surface area contributed by atoms with Gasteiger partial charge in [-0.2, -0.15) is 5.06 Å². The van der Waals surface area contributed by atoms with Crippen molar-refractivity contribution in [3.8, 4) is 0 Å². The van der Waals surface area contributed by atoms with Gasteiger partial charge in [0.15, 0.2) is 0 Å². The molecule has 18 heavy (non-hydrogen) atoms. The molecule has 0 saturated heterocycles. The van der Waals surface area contributed by atoms with Crippen LogP contribution in [0.1, 0.15) is 46.5 Å². The van der Waals surface area contributed by atoms with Crippen LogP contribution in [-0.2, 0) is 9.57 Å². The second kappa shape index (κ2) is 6.38. The molecule has 1 N–H and O–H groups in total. The zero-order valence-electron chi connectivity index (χ0n) is 12.2. The SMILES string of the molecule is CON(C)C1CCC(NC(=O)OC(C)(C)C)CC1. The van der Waals surface area contributed by atoms with Crippen LogP contribution in [-0.4, -0.2) is 43.0 Å². The lowest BCUT2D eigenvalue weighted by atomic mass is 9.91. The van der Waals surface area contributed by atoms with E-state index >= 15 is 0 Å². The Kier molecular flexibility index (Phi) is 5.41. The predicted octanol–water partition coefficient (Wildman–Crippen LogP) is 2.32. The van der Waals surface area contributed by atoms with Crippen LogP contribution >= 0.6 is 0 Å². The van der Waals surface area contributed by atoms with Gasteiger partial charge < -0.3 is 14.9 Å². The highest BCUT2D eigenvalue weighted by atomic mass is 16.7. The average Bonchev–Trinajstić information content (AvgIpc) is 2.26. The van der Waals surface area contributed by atoms with Crippen LogP contribution in [0.5, 0.6) is 0 Å². The molecule has 106 valence electrons. The number of nitrogens with one attached hydrogen (secondary N) is 1. The number of amides is 1. The van der Waals surface area contributed by atoms with Crippen LogP contribution in [0.15, 0.2) is 0 Å². The quantitative estimate of drug-likeness (QED) is 0.789. The molecule has 1 aliphatic rings. The first-order valence-corrected chi connectivity index (χ1v) is 6.58. The number of hydrogen-bond donors (Lipinski definition) is 1. The Labute approximate surface area is 110 Å². The summed E-state index contributed by atoms with van der Waals surface area (Å²) in [4.78, 5) is 16.8. The van der Waals surface area contributed by atoms with Gasteiger partial charge in [-0.05, 0) is 46.5 Å². The smallest absolute Gasteiger partial charge is 0.407 e. The van der Waals surface area contributed by atoms with E-state index in [2.05, 4.69) is 5.32 Å². The molecule has 0 aliphatic heterocycles. The fourth-order valence-electron chi connectivity index (χ4n) is 2.21. The van der Waals surface area contributed by atoms with Crippen LogP contribution in [0.2, 0.25) is 0 Å². The average molecular weight is 258 g/mol. The van der Waals surface area contributed by atoms with Gasteiger partial charge >= 0.3 is 6.09 Å². The van der Waals surface area contributed by atoms with E-state index in [0.717, 1.165) is 25.7 Å². The van der Waals surface area contributed by atoms with Crippen LogP contribution in [0, 0.1) is 0 Å². The monoisotopic (exact) mass is 258 g/mol. The van der Waals surface area contributed by atoms with E-state index in [1.807, 2.05) is 32.9 Å². The van der Waals surface area contributed by atoms with E-state index < -0.39 is 5.60 Å². The van der Waals surface area contributed by atoms with Gasteiger partial charge in [0.25, 0.3) is 0 Å². The fourth-order valence-corrected chi connectivity index (χ4v) is 2.21. The summed E-state index contributed by atoms with van der Waals surface area (Å²) in [5.74, 6) is 0. The third-order valence-corrected chi connectivity index (χ3v) is 3.22. The lowest BCUT2D eigenvalue weighted by Gasteiger charge is -2.33. The van der Waals surface area contributed by atoms with E-state index in [0.29, 0.717) is 6.04 Å². The number of hydrogen-bond acceptors (Lipinski definition) is 4. The highest BCUT2D eigenvalue weighted by Gasteiger charge is 2.26. The molecule has 0 heterocycles. The highest BCUT2D eigenvalue weighted by Crippen LogP contribution is 2.22. The Hall–Kier alpha value is -0.810. The number of carbonyl (C=O) groups excluding carboxylic acids is 1. The van der Waals surface area contributed by atoms with Gasteiger partial charge in [-0.15, -0.1) is 0 Å². The van der Waals surface area contributed by atoms with Gasteiger partial charge in [-0.1, -0.05) is 0 Å². The molecule has 1 saturated carbocycles.